The number of aryl methyl sites for hydroxylation is 1. The summed E-state index contributed by atoms with van der Waals surface area (Å²) in [7, 11) is 0. The fraction of sp³-hybridized carbons (Fsp3) is 0.348. The van der Waals surface area contributed by atoms with Crippen LogP contribution in [0.3, 0.4) is 0 Å². The molecule has 2 aromatic rings. The lowest BCUT2D eigenvalue weighted by Gasteiger charge is -2.34. The number of ether oxygens (including phenoxy) is 1. The summed E-state index contributed by atoms with van der Waals surface area (Å²) in [6, 6.07) is 11.3. The van der Waals surface area contributed by atoms with Crippen LogP contribution in [0.4, 0.5) is 0 Å². The second-order valence-corrected chi connectivity index (χ2v) is 7.59. The topological polar surface area (TPSA) is 73.2 Å². The second-order valence-electron chi connectivity index (χ2n) is 7.59. The van der Waals surface area contributed by atoms with E-state index >= 15 is 0 Å². The van der Waals surface area contributed by atoms with Crippen LogP contribution < -0.4 is 4.74 Å². The third-order valence-electron chi connectivity index (χ3n) is 5.58. The summed E-state index contributed by atoms with van der Waals surface area (Å²) in [4.78, 5) is 17.4. The molecule has 2 aromatic carbocycles. The highest BCUT2D eigenvalue weighted by Crippen LogP contribution is 2.42. The summed E-state index contributed by atoms with van der Waals surface area (Å²) < 4.78 is 6.00. The van der Waals surface area contributed by atoms with Crippen LogP contribution in [-0.2, 0) is 6.54 Å². The molecule has 0 bridgehead atoms. The minimum Gasteiger partial charge on any atom is -0.507 e. The van der Waals surface area contributed by atoms with Gasteiger partial charge >= 0.3 is 0 Å². The van der Waals surface area contributed by atoms with Gasteiger partial charge in [0.2, 0.25) is 5.78 Å². The molecule has 2 aliphatic heterocycles. The van der Waals surface area contributed by atoms with Crippen molar-refractivity contribution in [2.24, 2.45) is 0 Å². The molecule has 0 radical (unpaired) electrons. The van der Waals surface area contributed by atoms with Gasteiger partial charge in [-0.3, -0.25) is 14.6 Å². The molecule has 29 heavy (non-hydrogen) atoms. The second kappa shape index (κ2) is 8.37. The van der Waals surface area contributed by atoms with Crippen LogP contribution in [0.1, 0.15) is 27.0 Å². The maximum absolute atomic E-state index is 13.0. The molecule has 0 atom stereocenters. The largest absolute Gasteiger partial charge is 0.507 e. The number of hydrogen-bond acceptors (Lipinski definition) is 6. The summed E-state index contributed by atoms with van der Waals surface area (Å²) in [6.45, 7) is 6.60. The first kappa shape index (κ1) is 19.6. The van der Waals surface area contributed by atoms with Crippen LogP contribution in [-0.4, -0.2) is 65.1 Å². The molecule has 2 N–H and O–H groups in total. The zero-order valence-electron chi connectivity index (χ0n) is 16.6. The molecular weight excluding hydrogens is 368 g/mol. The van der Waals surface area contributed by atoms with Gasteiger partial charge in [-0.2, -0.15) is 0 Å². The van der Waals surface area contributed by atoms with E-state index in [4.69, 9.17) is 9.84 Å². The Morgan fingerprint density at radius 3 is 2.48 bits per heavy atom. The Labute approximate surface area is 170 Å². The maximum Gasteiger partial charge on any atom is 0.232 e. The number of piperazine rings is 1. The summed E-state index contributed by atoms with van der Waals surface area (Å²) in [5.41, 5.74) is 2.81. The van der Waals surface area contributed by atoms with Crippen molar-refractivity contribution < 1.29 is 19.7 Å². The van der Waals surface area contributed by atoms with Crippen molar-refractivity contribution in [2.45, 2.75) is 13.5 Å². The molecule has 0 unspecified atom stereocenters. The third kappa shape index (κ3) is 4.05. The number of hydrogen-bond donors (Lipinski definition) is 2. The highest BCUT2D eigenvalue weighted by Gasteiger charge is 2.34. The van der Waals surface area contributed by atoms with E-state index in [2.05, 4.69) is 9.80 Å². The van der Waals surface area contributed by atoms with Crippen LogP contribution in [0.25, 0.3) is 6.08 Å². The van der Waals surface area contributed by atoms with Crippen LogP contribution in [0, 0.1) is 6.92 Å². The fourth-order valence-electron chi connectivity index (χ4n) is 3.97. The van der Waals surface area contributed by atoms with Gasteiger partial charge in [-0.05, 0) is 30.2 Å². The highest BCUT2D eigenvalue weighted by atomic mass is 16.5. The van der Waals surface area contributed by atoms with Gasteiger partial charge < -0.3 is 14.9 Å². The van der Waals surface area contributed by atoms with Crippen molar-refractivity contribution in [3.05, 3.63) is 64.4 Å². The van der Waals surface area contributed by atoms with Gasteiger partial charge in [0.05, 0.1) is 17.7 Å². The van der Waals surface area contributed by atoms with E-state index in [1.54, 1.807) is 12.1 Å². The van der Waals surface area contributed by atoms with Crippen molar-refractivity contribution in [2.75, 3.05) is 39.3 Å². The molecule has 0 saturated carbocycles. The Bertz CT molecular complexity index is 932. The van der Waals surface area contributed by atoms with Gasteiger partial charge in [-0.1, -0.05) is 30.3 Å². The fourth-order valence-corrected chi connectivity index (χ4v) is 3.97. The Balaban J connectivity index is 1.59. The predicted molar refractivity (Wildman–Crippen MR) is 111 cm³/mol. The number of aliphatic hydroxyl groups is 1. The number of carbonyl (C=O) groups excluding carboxylic acids is 1. The molecule has 2 heterocycles. The van der Waals surface area contributed by atoms with Crippen molar-refractivity contribution in [1.82, 2.24) is 9.80 Å². The number of rotatable bonds is 5. The molecule has 0 aromatic heterocycles. The standard InChI is InChI=1S/C23H26N2O4/c1-16-13-19(27)18(15-25-9-7-24(8-10-25)11-12-26)23-21(16)22(28)20(29-23)14-17-5-3-2-4-6-17/h2-6,13-14,26-27H,7-12,15H2,1H3/b20-14-. The van der Waals surface area contributed by atoms with Gasteiger partial charge in [-0.25, -0.2) is 0 Å². The van der Waals surface area contributed by atoms with E-state index < -0.39 is 0 Å². The van der Waals surface area contributed by atoms with Crippen molar-refractivity contribution in [1.29, 1.82) is 0 Å². The average Bonchev–Trinajstić information content (AvgIpc) is 3.04. The van der Waals surface area contributed by atoms with Gasteiger partial charge in [0.15, 0.2) is 5.76 Å². The number of phenolic OH excluding ortho intramolecular Hbond substituents is 1. The van der Waals surface area contributed by atoms with Crippen LogP contribution in [0.5, 0.6) is 11.5 Å². The number of fused-ring (bicyclic) bond motifs is 1. The highest BCUT2D eigenvalue weighted by molar-refractivity contribution is 6.15. The van der Waals surface area contributed by atoms with Crippen molar-refractivity contribution >= 4 is 11.9 Å². The molecule has 2 aliphatic rings. The minimum absolute atomic E-state index is 0.143. The van der Waals surface area contributed by atoms with Crippen molar-refractivity contribution in [3.63, 3.8) is 0 Å². The summed E-state index contributed by atoms with van der Waals surface area (Å²) in [5.74, 6) is 0.782. The van der Waals surface area contributed by atoms with Gasteiger partial charge in [0, 0.05) is 39.3 Å². The van der Waals surface area contributed by atoms with E-state index in [-0.39, 0.29) is 23.9 Å². The number of carbonyl (C=O) groups is 1. The van der Waals surface area contributed by atoms with E-state index in [1.165, 1.54) is 0 Å². The molecule has 0 spiro atoms. The van der Waals surface area contributed by atoms with E-state index in [0.29, 0.717) is 30.0 Å². The number of aliphatic hydroxyl groups excluding tert-OH is 1. The minimum atomic E-state index is -0.143. The van der Waals surface area contributed by atoms with Crippen molar-refractivity contribution in [3.8, 4) is 11.5 Å². The molecule has 6 heteroatoms. The molecule has 4 rings (SSSR count). The normalized spacial score (nSPS) is 18.8. The van der Waals surface area contributed by atoms with Gasteiger partial charge in [0.1, 0.15) is 11.5 Å². The molecule has 6 nitrogen and oxygen atoms in total. The molecule has 0 aliphatic carbocycles. The first-order chi connectivity index (χ1) is 14.1. The summed E-state index contributed by atoms with van der Waals surface area (Å²) >= 11 is 0. The van der Waals surface area contributed by atoms with Gasteiger partial charge in [0.25, 0.3) is 0 Å². The first-order valence-corrected chi connectivity index (χ1v) is 9.97. The van der Waals surface area contributed by atoms with Crippen LogP contribution in [0.2, 0.25) is 0 Å². The Kier molecular flexibility index (Phi) is 5.67. The quantitative estimate of drug-likeness (QED) is 0.759. The molecule has 152 valence electrons. The van der Waals surface area contributed by atoms with Crippen LogP contribution >= 0.6 is 0 Å². The zero-order valence-corrected chi connectivity index (χ0v) is 16.6. The number of β-amino-alcohol motifs (C(OH)–C–C–N with tert-alkyl or cyclic N) is 1. The first-order valence-electron chi connectivity index (χ1n) is 9.97. The van der Waals surface area contributed by atoms with Gasteiger partial charge in [-0.15, -0.1) is 0 Å². The lowest BCUT2D eigenvalue weighted by molar-refractivity contribution is 0.101. The Morgan fingerprint density at radius 2 is 1.79 bits per heavy atom. The molecule has 0 amide bonds. The Hall–Kier alpha value is -2.67. The monoisotopic (exact) mass is 394 g/mol. The number of benzene rings is 2. The number of phenols is 1. The molecule has 1 saturated heterocycles. The number of allylic oxidation sites excluding steroid dienone is 1. The summed E-state index contributed by atoms with van der Waals surface area (Å²) in [6.07, 6.45) is 1.75. The lowest BCUT2D eigenvalue weighted by Crippen LogP contribution is -2.46. The summed E-state index contributed by atoms with van der Waals surface area (Å²) in [5, 5.41) is 19.7. The van der Waals surface area contributed by atoms with Crippen LogP contribution in [0.15, 0.2) is 42.2 Å². The maximum atomic E-state index is 13.0. The van der Waals surface area contributed by atoms with E-state index in [0.717, 1.165) is 37.3 Å². The van der Waals surface area contributed by atoms with E-state index in [9.17, 15) is 9.90 Å². The average molecular weight is 394 g/mol. The zero-order chi connectivity index (χ0) is 20.4. The number of nitrogens with zero attached hydrogens (tertiary/aromatic N) is 2. The molecule has 1 fully saturated rings. The number of ketones is 1. The third-order valence-corrected chi connectivity index (χ3v) is 5.58. The Morgan fingerprint density at radius 1 is 1.10 bits per heavy atom. The number of aromatic hydroxyl groups is 1. The van der Waals surface area contributed by atoms with E-state index in [1.807, 2.05) is 37.3 Å². The lowest BCUT2D eigenvalue weighted by atomic mass is 9.99. The smallest absolute Gasteiger partial charge is 0.232 e. The number of Topliss-reactive ketones (excluding diaryl/α,β-unsaturated/α-hetero) is 1. The molecular formula is C23H26N2O4. The SMILES string of the molecule is Cc1cc(O)c(CN2CCN(CCO)CC2)c2c1C(=O)/C(=C/c1ccccc1)O2. The predicted octanol–water partition coefficient (Wildman–Crippen LogP) is 2.43.